The molecule has 0 aliphatic rings. The second-order valence-electron chi connectivity index (χ2n) is 4.69. The van der Waals surface area contributed by atoms with Gasteiger partial charge in [0.05, 0.1) is 0 Å². The van der Waals surface area contributed by atoms with Crippen molar-refractivity contribution in [3.05, 3.63) is 59.4 Å². The zero-order valence-electron chi connectivity index (χ0n) is 11.6. The molecule has 0 fully saturated rings. The van der Waals surface area contributed by atoms with Crippen LogP contribution in [0.4, 0.5) is 5.69 Å². The van der Waals surface area contributed by atoms with Crippen LogP contribution in [0.5, 0.6) is 0 Å². The van der Waals surface area contributed by atoms with Crippen LogP contribution in [-0.2, 0) is 13.1 Å². The molecule has 2 aromatic rings. The monoisotopic (exact) mass is 255 g/mol. The van der Waals surface area contributed by atoms with E-state index >= 15 is 0 Å². The van der Waals surface area contributed by atoms with Gasteiger partial charge in [0.2, 0.25) is 0 Å². The van der Waals surface area contributed by atoms with Crippen molar-refractivity contribution >= 4 is 5.69 Å². The fraction of sp³-hybridized carbons (Fsp3) is 0.312. The summed E-state index contributed by atoms with van der Waals surface area (Å²) >= 11 is 0. The molecule has 3 nitrogen and oxygen atoms in total. The Kier molecular flexibility index (Phi) is 4.53. The molecule has 100 valence electrons. The molecule has 0 aliphatic carbocycles. The van der Waals surface area contributed by atoms with Crippen LogP contribution in [0.1, 0.15) is 23.6 Å². The zero-order chi connectivity index (χ0) is 13.7. The molecular formula is C16H21N3. The third-order valence-corrected chi connectivity index (χ3v) is 3.34. The second-order valence-corrected chi connectivity index (χ2v) is 4.69. The molecule has 0 bridgehead atoms. The highest BCUT2D eigenvalue weighted by Crippen LogP contribution is 2.22. The first-order valence-electron chi connectivity index (χ1n) is 6.68. The van der Waals surface area contributed by atoms with E-state index in [2.05, 4.69) is 54.1 Å². The third-order valence-electron chi connectivity index (χ3n) is 3.34. The molecule has 0 atom stereocenters. The highest BCUT2D eigenvalue weighted by atomic mass is 15.1. The maximum absolute atomic E-state index is 5.68. The lowest BCUT2D eigenvalue weighted by atomic mass is 10.1. The van der Waals surface area contributed by atoms with Crippen molar-refractivity contribution in [1.29, 1.82) is 0 Å². The number of benzene rings is 1. The first kappa shape index (κ1) is 13.6. The van der Waals surface area contributed by atoms with Crippen molar-refractivity contribution < 1.29 is 0 Å². The summed E-state index contributed by atoms with van der Waals surface area (Å²) in [6.45, 7) is 6.80. The largest absolute Gasteiger partial charge is 0.367 e. The van der Waals surface area contributed by atoms with Crippen LogP contribution in [0.2, 0.25) is 0 Å². The van der Waals surface area contributed by atoms with Crippen molar-refractivity contribution in [3.8, 4) is 0 Å². The average molecular weight is 255 g/mol. The minimum atomic E-state index is 0.595. The summed E-state index contributed by atoms with van der Waals surface area (Å²) in [4.78, 5) is 6.43. The number of aromatic nitrogens is 1. The van der Waals surface area contributed by atoms with Crippen molar-refractivity contribution in [2.24, 2.45) is 5.73 Å². The molecule has 2 rings (SSSR count). The maximum Gasteiger partial charge on any atom is 0.0430 e. The van der Waals surface area contributed by atoms with Gasteiger partial charge in [-0.25, -0.2) is 0 Å². The van der Waals surface area contributed by atoms with E-state index in [0.717, 1.165) is 13.1 Å². The van der Waals surface area contributed by atoms with E-state index in [0.29, 0.717) is 6.54 Å². The number of hydrogen-bond donors (Lipinski definition) is 1. The Morgan fingerprint density at radius 3 is 2.42 bits per heavy atom. The Bertz CT molecular complexity index is 523. The summed E-state index contributed by atoms with van der Waals surface area (Å²) in [5, 5.41) is 0. The first-order chi connectivity index (χ1) is 9.24. The number of aryl methyl sites for hydroxylation is 1. The number of rotatable bonds is 5. The van der Waals surface area contributed by atoms with E-state index < -0.39 is 0 Å². The molecule has 1 heterocycles. The molecule has 0 amide bonds. The van der Waals surface area contributed by atoms with E-state index in [1.54, 1.807) is 0 Å². The van der Waals surface area contributed by atoms with Gasteiger partial charge in [-0.1, -0.05) is 12.1 Å². The van der Waals surface area contributed by atoms with Gasteiger partial charge in [-0.3, -0.25) is 4.98 Å². The van der Waals surface area contributed by atoms with Gasteiger partial charge in [0.15, 0.2) is 0 Å². The molecular weight excluding hydrogens is 234 g/mol. The van der Waals surface area contributed by atoms with Gasteiger partial charge in [0, 0.05) is 37.7 Å². The normalized spacial score (nSPS) is 10.5. The van der Waals surface area contributed by atoms with E-state index in [9.17, 15) is 0 Å². The molecule has 1 aromatic carbocycles. The van der Waals surface area contributed by atoms with Crippen LogP contribution in [0.25, 0.3) is 0 Å². The van der Waals surface area contributed by atoms with Gasteiger partial charge in [0.1, 0.15) is 0 Å². The summed E-state index contributed by atoms with van der Waals surface area (Å²) in [5.41, 5.74) is 10.7. The standard InChI is InChI=1S/C16H21N3/c1-3-19(12-14-6-8-18-9-7-14)16-5-4-15(11-17)10-13(16)2/h4-10H,3,11-12,17H2,1-2H3. The molecule has 0 saturated carbocycles. The smallest absolute Gasteiger partial charge is 0.0430 e. The minimum Gasteiger partial charge on any atom is -0.367 e. The Morgan fingerprint density at radius 1 is 1.11 bits per heavy atom. The Balaban J connectivity index is 2.22. The zero-order valence-corrected chi connectivity index (χ0v) is 11.6. The topological polar surface area (TPSA) is 42.2 Å². The second kappa shape index (κ2) is 6.34. The highest BCUT2D eigenvalue weighted by molar-refractivity contribution is 5.54. The number of nitrogens with zero attached hydrogens (tertiary/aromatic N) is 2. The summed E-state index contributed by atoms with van der Waals surface area (Å²) in [6, 6.07) is 10.6. The van der Waals surface area contributed by atoms with E-state index in [-0.39, 0.29) is 0 Å². The van der Waals surface area contributed by atoms with Gasteiger partial charge in [-0.2, -0.15) is 0 Å². The lowest BCUT2D eigenvalue weighted by molar-refractivity contribution is 0.825. The van der Waals surface area contributed by atoms with Gasteiger partial charge < -0.3 is 10.6 Å². The Hall–Kier alpha value is -1.87. The summed E-state index contributed by atoms with van der Waals surface area (Å²) < 4.78 is 0. The summed E-state index contributed by atoms with van der Waals surface area (Å²) in [5.74, 6) is 0. The van der Waals surface area contributed by atoms with E-state index in [4.69, 9.17) is 5.73 Å². The van der Waals surface area contributed by atoms with Crippen LogP contribution < -0.4 is 10.6 Å². The molecule has 3 heteroatoms. The molecule has 0 aliphatic heterocycles. The lowest BCUT2D eigenvalue weighted by Crippen LogP contribution is -2.23. The van der Waals surface area contributed by atoms with Crippen LogP contribution in [0, 0.1) is 6.92 Å². The number of anilines is 1. The van der Waals surface area contributed by atoms with E-state index in [1.165, 1.54) is 22.4 Å². The minimum absolute atomic E-state index is 0.595. The lowest BCUT2D eigenvalue weighted by Gasteiger charge is -2.25. The van der Waals surface area contributed by atoms with Crippen LogP contribution >= 0.6 is 0 Å². The van der Waals surface area contributed by atoms with Crippen LogP contribution in [-0.4, -0.2) is 11.5 Å². The van der Waals surface area contributed by atoms with Crippen LogP contribution in [0.3, 0.4) is 0 Å². The number of pyridine rings is 1. The molecule has 1 aromatic heterocycles. The molecule has 0 radical (unpaired) electrons. The number of nitrogens with two attached hydrogens (primary N) is 1. The summed E-state index contributed by atoms with van der Waals surface area (Å²) in [7, 11) is 0. The predicted octanol–water partition coefficient (Wildman–Crippen LogP) is 2.88. The average Bonchev–Trinajstić information content (AvgIpc) is 2.46. The number of hydrogen-bond acceptors (Lipinski definition) is 3. The van der Waals surface area contributed by atoms with Gasteiger partial charge in [-0.15, -0.1) is 0 Å². The molecule has 0 unspecified atom stereocenters. The van der Waals surface area contributed by atoms with Crippen molar-refractivity contribution in [1.82, 2.24) is 4.98 Å². The highest BCUT2D eigenvalue weighted by Gasteiger charge is 2.08. The van der Waals surface area contributed by atoms with Crippen molar-refractivity contribution in [2.45, 2.75) is 26.9 Å². The SMILES string of the molecule is CCN(Cc1ccncc1)c1ccc(CN)cc1C. The summed E-state index contributed by atoms with van der Waals surface area (Å²) in [6.07, 6.45) is 3.68. The van der Waals surface area contributed by atoms with Crippen molar-refractivity contribution in [3.63, 3.8) is 0 Å². The van der Waals surface area contributed by atoms with Crippen LogP contribution in [0.15, 0.2) is 42.7 Å². The van der Waals surface area contributed by atoms with E-state index in [1.807, 2.05) is 12.4 Å². The van der Waals surface area contributed by atoms with Gasteiger partial charge in [-0.05, 0) is 48.7 Å². The predicted molar refractivity (Wildman–Crippen MR) is 80.0 cm³/mol. The molecule has 0 spiro atoms. The Morgan fingerprint density at radius 2 is 1.84 bits per heavy atom. The third kappa shape index (κ3) is 3.32. The Labute approximate surface area is 115 Å². The maximum atomic E-state index is 5.68. The fourth-order valence-electron chi connectivity index (χ4n) is 2.28. The molecule has 2 N–H and O–H groups in total. The van der Waals surface area contributed by atoms with Gasteiger partial charge in [0.25, 0.3) is 0 Å². The molecule has 19 heavy (non-hydrogen) atoms. The first-order valence-corrected chi connectivity index (χ1v) is 6.68. The van der Waals surface area contributed by atoms with Gasteiger partial charge >= 0.3 is 0 Å². The quantitative estimate of drug-likeness (QED) is 0.893. The van der Waals surface area contributed by atoms with Crippen molar-refractivity contribution in [2.75, 3.05) is 11.4 Å². The molecule has 0 saturated heterocycles. The fourth-order valence-corrected chi connectivity index (χ4v) is 2.28.